The van der Waals surface area contributed by atoms with Gasteiger partial charge in [-0.05, 0) is 62.4 Å². The van der Waals surface area contributed by atoms with Crippen molar-refractivity contribution in [2.75, 3.05) is 31.6 Å². The van der Waals surface area contributed by atoms with E-state index in [0.29, 0.717) is 12.0 Å². The third kappa shape index (κ3) is 5.23. The van der Waals surface area contributed by atoms with Crippen molar-refractivity contribution in [3.8, 4) is 11.3 Å². The standard InChI is InChI=1S/C27H33N5O/c1-2-20-7-3-4-10-24(20)29-26-17-25(21-8-5-13-28-18-21)30-27(31-26)22-9-6-14-32(19-22)23-11-15-33-16-12-23/h3-5,7-8,10,13,17-18,22-23H,2,6,9,11-12,14-16,19H2,1H3,(H,29,30,31)/t22-/m0/s1. The molecular formula is C27H33N5O. The van der Waals surface area contributed by atoms with Crippen molar-refractivity contribution in [1.82, 2.24) is 19.9 Å². The van der Waals surface area contributed by atoms with Gasteiger partial charge in [0.15, 0.2) is 0 Å². The number of rotatable bonds is 6. The molecule has 172 valence electrons. The number of aryl methyl sites for hydroxylation is 1. The molecule has 2 fully saturated rings. The molecule has 2 aliphatic heterocycles. The molecule has 33 heavy (non-hydrogen) atoms. The summed E-state index contributed by atoms with van der Waals surface area (Å²) in [5, 5.41) is 3.59. The van der Waals surface area contributed by atoms with Gasteiger partial charge in [0, 0.05) is 61.4 Å². The Morgan fingerprint density at radius 1 is 1.06 bits per heavy atom. The highest BCUT2D eigenvalue weighted by Crippen LogP contribution is 2.31. The van der Waals surface area contributed by atoms with Crippen LogP contribution in [0, 0.1) is 0 Å². The van der Waals surface area contributed by atoms with E-state index in [4.69, 9.17) is 14.7 Å². The number of likely N-dealkylation sites (tertiary alicyclic amines) is 1. The molecule has 0 radical (unpaired) electrons. The number of hydrogen-bond donors (Lipinski definition) is 1. The normalized spacial score (nSPS) is 20.0. The number of anilines is 2. The molecule has 0 saturated carbocycles. The van der Waals surface area contributed by atoms with Gasteiger partial charge in [-0.3, -0.25) is 9.88 Å². The van der Waals surface area contributed by atoms with E-state index < -0.39 is 0 Å². The summed E-state index contributed by atoms with van der Waals surface area (Å²) in [4.78, 5) is 17.1. The quantitative estimate of drug-likeness (QED) is 0.565. The molecule has 0 spiro atoms. The third-order valence-electron chi connectivity index (χ3n) is 6.89. The maximum atomic E-state index is 5.59. The zero-order chi connectivity index (χ0) is 22.5. The largest absolute Gasteiger partial charge is 0.381 e. The van der Waals surface area contributed by atoms with Crippen molar-refractivity contribution in [2.45, 2.75) is 51.0 Å². The van der Waals surface area contributed by atoms with Crippen molar-refractivity contribution in [3.63, 3.8) is 0 Å². The number of hydrogen-bond acceptors (Lipinski definition) is 6. The Labute approximate surface area is 196 Å². The SMILES string of the molecule is CCc1ccccc1Nc1cc(-c2cccnc2)nc([C@H]2CCCN(C3CCOCC3)C2)n1. The first kappa shape index (κ1) is 22.0. The lowest BCUT2D eigenvalue weighted by atomic mass is 9.94. The number of ether oxygens (including phenoxy) is 1. The van der Waals surface area contributed by atoms with Crippen molar-refractivity contribution < 1.29 is 4.74 Å². The second kappa shape index (κ2) is 10.4. The van der Waals surface area contributed by atoms with Gasteiger partial charge in [0.05, 0.1) is 5.69 Å². The Hall–Kier alpha value is -2.83. The van der Waals surface area contributed by atoms with E-state index in [1.54, 1.807) is 6.20 Å². The van der Waals surface area contributed by atoms with Crippen LogP contribution in [0.3, 0.4) is 0 Å². The Morgan fingerprint density at radius 2 is 1.94 bits per heavy atom. The monoisotopic (exact) mass is 443 g/mol. The maximum absolute atomic E-state index is 5.59. The third-order valence-corrected chi connectivity index (χ3v) is 6.89. The average Bonchev–Trinajstić information content (AvgIpc) is 2.90. The fraction of sp³-hybridized carbons (Fsp3) is 0.444. The summed E-state index contributed by atoms with van der Waals surface area (Å²) in [6, 6.07) is 15.1. The van der Waals surface area contributed by atoms with Crippen LogP contribution in [0.5, 0.6) is 0 Å². The molecule has 4 heterocycles. The van der Waals surface area contributed by atoms with Gasteiger partial charge in [0.25, 0.3) is 0 Å². The minimum absolute atomic E-state index is 0.334. The number of aromatic nitrogens is 3. The molecule has 5 rings (SSSR count). The number of piperidine rings is 1. The van der Waals surface area contributed by atoms with Gasteiger partial charge < -0.3 is 10.1 Å². The van der Waals surface area contributed by atoms with Gasteiger partial charge in [-0.2, -0.15) is 0 Å². The molecule has 2 aliphatic rings. The predicted octanol–water partition coefficient (Wildman–Crippen LogP) is 5.20. The Bertz CT molecular complexity index is 1050. The van der Waals surface area contributed by atoms with E-state index in [1.807, 2.05) is 18.3 Å². The number of nitrogens with one attached hydrogen (secondary N) is 1. The van der Waals surface area contributed by atoms with Gasteiger partial charge in [-0.1, -0.05) is 25.1 Å². The molecule has 3 aromatic rings. The van der Waals surface area contributed by atoms with Gasteiger partial charge in [0.1, 0.15) is 11.6 Å². The lowest BCUT2D eigenvalue weighted by Crippen LogP contribution is -2.44. The minimum Gasteiger partial charge on any atom is -0.381 e. The van der Waals surface area contributed by atoms with Crippen LogP contribution in [-0.4, -0.2) is 52.2 Å². The zero-order valence-corrected chi connectivity index (χ0v) is 19.4. The maximum Gasteiger partial charge on any atom is 0.135 e. The molecule has 0 bridgehead atoms. The predicted molar refractivity (Wildman–Crippen MR) is 132 cm³/mol. The topological polar surface area (TPSA) is 63.2 Å². The van der Waals surface area contributed by atoms with E-state index >= 15 is 0 Å². The summed E-state index contributed by atoms with van der Waals surface area (Å²) in [7, 11) is 0. The molecule has 0 aliphatic carbocycles. The zero-order valence-electron chi connectivity index (χ0n) is 19.4. The number of para-hydroxylation sites is 1. The first-order chi connectivity index (χ1) is 16.3. The lowest BCUT2D eigenvalue weighted by Gasteiger charge is -2.39. The van der Waals surface area contributed by atoms with E-state index in [9.17, 15) is 0 Å². The van der Waals surface area contributed by atoms with Gasteiger partial charge in [-0.15, -0.1) is 0 Å². The van der Waals surface area contributed by atoms with Gasteiger partial charge >= 0.3 is 0 Å². The summed E-state index contributed by atoms with van der Waals surface area (Å²) in [6.45, 7) is 6.12. The Kier molecular flexibility index (Phi) is 6.93. The van der Waals surface area contributed by atoms with Gasteiger partial charge in [0.2, 0.25) is 0 Å². The van der Waals surface area contributed by atoms with E-state index in [0.717, 1.165) is 74.0 Å². The van der Waals surface area contributed by atoms with Crippen LogP contribution < -0.4 is 5.32 Å². The molecule has 6 nitrogen and oxygen atoms in total. The number of benzene rings is 1. The molecule has 0 amide bonds. The molecular weight excluding hydrogens is 410 g/mol. The van der Waals surface area contributed by atoms with E-state index in [-0.39, 0.29) is 0 Å². The molecule has 2 aromatic heterocycles. The molecule has 1 N–H and O–H groups in total. The van der Waals surface area contributed by atoms with Crippen LogP contribution >= 0.6 is 0 Å². The second-order valence-corrected chi connectivity index (χ2v) is 9.05. The van der Waals surface area contributed by atoms with Crippen molar-refractivity contribution in [3.05, 3.63) is 66.2 Å². The van der Waals surface area contributed by atoms with Crippen molar-refractivity contribution >= 4 is 11.5 Å². The highest BCUT2D eigenvalue weighted by atomic mass is 16.5. The Balaban J connectivity index is 1.46. The molecule has 6 heteroatoms. The van der Waals surface area contributed by atoms with Crippen LogP contribution in [0.25, 0.3) is 11.3 Å². The lowest BCUT2D eigenvalue weighted by molar-refractivity contribution is 0.0235. The van der Waals surface area contributed by atoms with Crippen molar-refractivity contribution in [1.29, 1.82) is 0 Å². The summed E-state index contributed by atoms with van der Waals surface area (Å²) >= 11 is 0. The number of nitrogens with zero attached hydrogens (tertiary/aromatic N) is 4. The van der Waals surface area contributed by atoms with Crippen LogP contribution in [0.2, 0.25) is 0 Å². The van der Waals surface area contributed by atoms with Gasteiger partial charge in [-0.25, -0.2) is 9.97 Å². The van der Waals surface area contributed by atoms with Crippen molar-refractivity contribution in [2.24, 2.45) is 0 Å². The molecule has 1 atom stereocenters. The average molecular weight is 444 g/mol. The highest BCUT2D eigenvalue weighted by molar-refractivity contribution is 5.66. The van der Waals surface area contributed by atoms with E-state index in [2.05, 4.69) is 52.5 Å². The van der Waals surface area contributed by atoms with E-state index in [1.165, 1.54) is 18.5 Å². The van der Waals surface area contributed by atoms with Crippen LogP contribution in [0.15, 0.2) is 54.9 Å². The first-order valence-corrected chi connectivity index (χ1v) is 12.3. The smallest absolute Gasteiger partial charge is 0.135 e. The molecule has 0 unspecified atom stereocenters. The summed E-state index contributed by atoms with van der Waals surface area (Å²) in [5.41, 5.74) is 4.33. The minimum atomic E-state index is 0.334. The summed E-state index contributed by atoms with van der Waals surface area (Å²) in [5.74, 6) is 2.12. The fourth-order valence-corrected chi connectivity index (χ4v) is 5.06. The van der Waals surface area contributed by atoms with Crippen LogP contribution in [0.1, 0.15) is 49.9 Å². The van der Waals surface area contributed by atoms with Crippen LogP contribution in [-0.2, 0) is 11.2 Å². The summed E-state index contributed by atoms with van der Waals surface area (Å²) < 4.78 is 5.59. The molecule has 1 aromatic carbocycles. The highest BCUT2D eigenvalue weighted by Gasteiger charge is 2.29. The second-order valence-electron chi connectivity index (χ2n) is 9.05. The Morgan fingerprint density at radius 3 is 2.76 bits per heavy atom. The van der Waals surface area contributed by atoms with Crippen LogP contribution in [0.4, 0.5) is 11.5 Å². The molecule has 2 saturated heterocycles. The summed E-state index contributed by atoms with van der Waals surface area (Å²) in [6.07, 6.45) is 9.22. The fourth-order valence-electron chi connectivity index (χ4n) is 5.06. The number of pyridine rings is 1. The first-order valence-electron chi connectivity index (χ1n) is 12.3.